The van der Waals surface area contributed by atoms with E-state index < -0.39 is 11.7 Å². The molecule has 1 N–H and O–H groups in total. The van der Waals surface area contributed by atoms with E-state index in [0.717, 1.165) is 0 Å². The fourth-order valence-corrected chi connectivity index (χ4v) is 2.11. The van der Waals surface area contributed by atoms with E-state index in [2.05, 4.69) is 15.4 Å². The quantitative estimate of drug-likeness (QED) is 0.756. The molecule has 0 bridgehead atoms. The molecule has 1 amide bonds. The van der Waals surface area contributed by atoms with Crippen molar-refractivity contribution in [2.45, 2.75) is 6.54 Å². The maximum Gasteiger partial charge on any atom is 0.258 e. The minimum absolute atomic E-state index is 0.00463. The third kappa shape index (κ3) is 3.95. The number of nitrogens with one attached hydrogen (secondary N) is 1. The molecule has 122 valence electrons. The number of hydrogen-bond donors (Lipinski definition) is 1. The molecule has 0 atom stereocenters. The van der Waals surface area contributed by atoms with Gasteiger partial charge in [-0.3, -0.25) is 4.79 Å². The van der Waals surface area contributed by atoms with Gasteiger partial charge in [0, 0.05) is 11.8 Å². The van der Waals surface area contributed by atoms with Gasteiger partial charge in [0.05, 0.1) is 12.1 Å². The third-order valence-corrected chi connectivity index (χ3v) is 3.27. The molecule has 0 aliphatic heterocycles. The van der Waals surface area contributed by atoms with E-state index in [1.165, 1.54) is 24.5 Å². The zero-order valence-corrected chi connectivity index (χ0v) is 12.7. The molecule has 3 aromatic rings. The highest BCUT2D eigenvalue weighted by Crippen LogP contribution is 2.18. The van der Waals surface area contributed by atoms with Crippen LogP contribution in [0.5, 0.6) is 5.75 Å². The fraction of sp³-hybridized carbons (Fsp3) is 0.118. The summed E-state index contributed by atoms with van der Waals surface area (Å²) in [7, 11) is 0. The summed E-state index contributed by atoms with van der Waals surface area (Å²) in [5, 5.41) is 6.64. The first-order valence-corrected chi connectivity index (χ1v) is 7.33. The minimum atomic E-state index is -0.560. The molecule has 1 heterocycles. The summed E-state index contributed by atoms with van der Waals surface area (Å²) in [6.45, 7) is 0.972. The van der Waals surface area contributed by atoms with Crippen molar-refractivity contribution >= 4 is 11.6 Å². The van der Waals surface area contributed by atoms with Gasteiger partial charge in [-0.25, -0.2) is 14.1 Å². The van der Waals surface area contributed by atoms with Gasteiger partial charge >= 0.3 is 0 Å². The van der Waals surface area contributed by atoms with Crippen molar-refractivity contribution in [2.75, 3.05) is 11.9 Å². The number of anilines is 1. The highest BCUT2D eigenvalue weighted by molar-refractivity contribution is 6.04. The smallest absolute Gasteiger partial charge is 0.258 e. The summed E-state index contributed by atoms with van der Waals surface area (Å²) >= 11 is 0. The van der Waals surface area contributed by atoms with Crippen molar-refractivity contribution < 1.29 is 13.9 Å². The predicted molar refractivity (Wildman–Crippen MR) is 86.3 cm³/mol. The lowest BCUT2D eigenvalue weighted by atomic mass is 10.2. The summed E-state index contributed by atoms with van der Waals surface area (Å²) in [4.78, 5) is 16.0. The van der Waals surface area contributed by atoms with Crippen LogP contribution in [0.15, 0.2) is 61.2 Å². The maximum absolute atomic E-state index is 13.6. The number of ether oxygens (including phenoxy) is 1. The lowest BCUT2D eigenvalue weighted by Crippen LogP contribution is -2.14. The van der Waals surface area contributed by atoms with Crippen molar-refractivity contribution in [3.05, 3.63) is 72.6 Å². The number of halogens is 1. The molecule has 1 aromatic heterocycles. The summed E-state index contributed by atoms with van der Waals surface area (Å²) in [5.74, 6) is -0.468. The summed E-state index contributed by atoms with van der Waals surface area (Å²) < 4.78 is 20.9. The van der Waals surface area contributed by atoms with Gasteiger partial charge in [-0.05, 0) is 24.3 Å². The number of rotatable bonds is 6. The highest BCUT2D eigenvalue weighted by atomic mass is 19.1. The van der Waals surface area contributed by atoms with Gasteiger partial charge in [-0.1, -0.05) is 18.2 Å². The molecule has 0 unspecified atom stereocenters. The second-order valence-corrected chi connectivity index (χ2v) is 4.97. The lowest BCUT2D eigenvalue weighted by Gasteiger charge is -2.09. The van der Waals surface area contributed by atoms with Gasteiger partial charge in [0.2, 0.25) is 0 Å². The van der Waals surface area contributed by atoms with Crippen molar-refractivity contribution in [1.29, 1.82) is 0 Å². The van der Waals surface area contributed by atoms with Crippen LogP contribution in [0.1, 0.15) is 10.4 Å². The monoisotopic (exact) mass is 326 g/mol. The Morgan fingerprint density at radius 2 is 2.08 bits per heavy atom. The van der Waals surface area contributed by atoms with Gasteiger partial charge in [0.15, 0.2) is 0 Å². The Kier molecular flexibility index (Phi) is 4.81. The molecular weight excluding hydrogens is 311 g/mol. The van der Waals surface area contributed by atoms with Crippen molar-refractivity contribution in [1.82, 2.24) is 14.8 Å². The van der Waals surface area contributed by atoms with Crippen LogP contribution in [0, 0.1) is 5.82 Å². The van der Waals surface area contributed by atoms with Gasteiger partial charge in [-0.2, -0.15) is 5.10 Å². The van der Waals surface area contributed by atoms with Crippen molar-refractivity contribution in [3.8, 4) is 5.75 Å². The van der Waals surface area contributed by atoms with Crippen LogP contribution in [0.25, 0.3) is 0 Å². The second kappa shape index (κ2) is 7.36. The van der Waals surface area contributed by atoms with E-state index in [1.54, 1.807) is 41.3 Å². The Bertz CT molecular complexity index is 821. The zero-order valence-electron chi connectivity index (χ0n) is 12.7. The zero-order chi connectivity index (χ0) is 16.8. The van der Waals surface area contributed by atoms with Gasteiger partial charge in [0.25, 0.3) is 5.91 Å². The molecule has 24 heavy (non-hydrogen) atoms. The van der Waals surface area contributed by atoms with E-state index >= 15 is 0 Å². The number of benzene rings is 2. The molecule has 3 rings (SSSR count). The molecular formula is C17H15FN4O2. The molecule has 0 aliphatic rings. The van der Waals surface area contributed by atoms with E-state index in [-0.39, 0.29) is 5.56 Å². The summed E-state index contributed by atoms with van der Waals surface area (Å²) in [6, 6.07) is 12.8. The Morgan fingerprint density at radius 3 is 2.88 bits per heavy atom. The van der Waals surface area contributed by atoms with Crippen LogP contribution in [-0.4, -0.2) is 27.3 Å². The van der Waals surface area contributed by atoms with Crippen LogP contribution in [0.4, 0.5) is 10.1 Å². The van der Waals surface area contributed by atoms with Crippen LogP contribution >= 0.6 is 0 Å². The van der Waals surface area contributed by atoms with Crippen molar-refractivity contribution in [2.24, 2.45) is 0 Å². The van der Waals surface area contributed by atoms with E-state index in [0.29, 0.717) is 24.6 Å². The number of carbonyl (C=O) groups is 1. The van der Waals surface area contributed by atoms with Crippen LogP contribution in [0.2, 0.25) is 0 Å². The average Bonchev–Trinajstić information content (AvgIpc) is 3.09. The molecule has 6 nitrogen and oxygen atoms in total. The SMILES string of the molecule is O=C(Nc1cccc(OCCn2cncn2)c1)c1ccccc1F. The van der Waals surface area contributed by atoms with E-state index in [9.17, 15) is 9.18 Å². The Hall–Kier alpha value is -3.22. The van der Waals surface area contributed by atoms with Crippen LogP contribution in [-0.2, 0) is 6.54 Å². The van der Waals surface area contributed by atoms with Crippen LogP contribution in [0.3, 0.4) is 0 Å². The fourth-order valence-electron chi connectivity index (χ4n) is 2.11. The predicted octanol–water partition coefficient (Wildman–Crippen LogP) is 2.75. The number of amides is 1. The maximum atomic E-state index is 13.6. The van der Waals surface area contributed by atoms with Gasteiger partial charge in [-0.15, -0.1) is 0 Å². The second-order valence-electron chi connectivity index (χ2n) is 4.97. The first-order chi connectivity index (χ1) is 11.7. The van der Waals surface area contributed by atoms with Gasteiger partial charge < -0.3 is 10.1 Å². The Labute approximate surface area is 137 Å². The van der Waals surface area contributed by atoms with E-state index in [4.69, 9.17) is 4.74 Å². The molecule has 0 fully saturated rings. The number of aromatic nitrogens is 3. The standard InChI is InChI=1S/C17H15FN4O2/c18-16-7-2-1-6-15(16)17(23)21-13-4-3-5-14(10-13)24-9-8-22-12-19-11-20-22/h1-7,10-12H,8-9H2,(H,21,23). The summed E-state index contributed by atoms with van der Waals surface area (Å²) in [6.07, 6.45) is 3.06. The molecule has 0 saturated heterocycles. The molecule has 2 aromatic carbocycles. The van der Waals surface area contributed by atoms with Crippen LogP contribution < -0.4 is 10.1 Å². The first-order valence-electron chi connectivity index (χ1n) is 7.33. The van der Waals surface area contributed by atoms with Crippen molar-refractivity contribution in [3.63, 3.8) is 0 Å². The third-order valence-electron chi connectivity index (χ3n) is 3.27. The topological polar surface area (TPSA) is 69.0 Å². The average molecular weight is 326 g/mol. The summed E-state index contributed by atoms with van der Waals surface area (Å²) in [5.41, 5.74) is 0.525. The lowest BCUT2D eigenvalue weighted by molar-refractivity contribution is 0.102. The number of nitrogens with zero attached hydrogens (tertiary/aromatic N) is 3. The Morgan fingerprint density at radius 1 is 1.21 bits per heavy atom. The highest BCUT2D eigenvalue weighted by Gasteiger charge is 2.11. The number of hydrogen-bond acceptors (Lipinski definition) is 4. The molecule has 0 aliphatic carbocycles. The largest absolute Gasteiger partial charge is 0.492 e. The molecule has 0 saturated carbocycles. The number of carbonyl (C=O) groups excluding carboxylic acids is 1. The minimum Gasteiger partial charge on any atom is -0.492 e. The normalized spacial score (nSPS) is 10.4. The molecule has 7 heteroatoms. The van der Waals surface area contributed by atoms with E-state index in [1.807, 2.05) is 0 Å². The Balaban J connectivity index is 1.60. The first kappa shape index (κ1) is 15.7. The molecule has 0 radical (unpaired) electrons. The van der Waals surface area contributed by atoms with Gasteiger partial charge in [0.1, 0.15) is 30.8 Å². The molecule has 0 spiro atoms.